The molecule has 2 fully saturated rings. The zero-order valence-corrected chi connectivity index (χ0v) is 10.6. The number of nitrogens with zero attached hydrogens (tertiary/aromatic N) is 1. The van der Waals surface area contributed by atoms with Gasteiger partial charge in [-0.05, 0) is 38.1 Å². The summed E-state index contributed by atoms with van der Waals surface area (Å²) in [6.45, 7) is 5.80. The van der Waals surface area contributed by atoms with E-state index in [-0.39, 0.29) is 0 Å². The zero-order chi connectivity index (χ0) is 11.4. The molecule has 2 aliphatic rings. The van der Waals surface area contributed by atoms with E-state index >= 15 is 0 Å². The van der Waals surface area contributed by atoms with Crippen molar-refractivity contribution in [3.63, 3.8) is 0 Å². The summed E-state index contributed by atoms with van der Waals surface area (Å²) in [6, 6.07) is 0. The van der Waals surface area contributed by atoms with Crippen LogP contribution in [-0.2, 0) is 4.79 Å². The lowest BCUT2D eigenvalue weighted by molar-refractivity contribution is -0.125. The summed E-state index contributed by atoms with van der Waals surface area (Å²) >= 11 is 0. The van der Waals surface area contributed by atoms with E-state index in [1.54, 1.807) is 0 Å². The molecule has 1 saturated heterocycles. The number of hydrogen-bond acceptors (Lipinski definition) is 2. The van der Waals surface area contributed by atoms with Crippen LogP contribution in [0.5, 0.6) is 0 Å². The quantitative estimate of drug-likeness (QED) is 0.733. The van der Waals surface area contributed by atoms with Crippen LogP contribution in [0.3, 0.4) is 0 Å². The first kappa shape index (κ1) is 12.1. The van der Waals surface area contributed by atoms with E-state index in [0.717, 1.165) is 31.7 Å². The number of rotatable bonds is 3. The van der Waals surface area contributed by atoms with Crippen molar-refractivity contribution in [1.82, 2.24) is 4.90 Å². The van der Waals surface area contributed by atoms with Gasteiger partial charge in [0.15, 0.2) is 0 Å². The first-order valence-electron chi connectivity index (χ1n) is 7.04. The van der Waals surface area contributed by atoms with Gasteiger partial charge in [-0.15, -0.1) is 0 Å². The van der Waals surface area contributed by atoms with Crippen molar-refractivity contribution in [2.75, 3.05) is 19.6 Å². The van der Waals surface area contributed by atoms with Crippen LogP contribution >= 0.6 is 0 Å². The van der Waals surface area contributed by atoms with E-state index in [2.05, 4.69) is 11.8 Å². The molecule has 2 rings (SSSR count). The molecule has 0 bridgehead atoms. The Hall–Kier alpha value is -0.370. The standard InChI is InChI=1S/C14H25NO/c1-2-12-6-5-9-15(10-12)11-13-7-3-4-8-14(13)16/h12-13H,2-11H2,1H3. The minimum Gasteiger partial charge on any atom is -0.302 e. The minimum atomic E-state index is 0.365. The molecule has 2 atom stereocenters. The molecule has 2 unspecified atom stereocenters. The first-order chi connectivity index (χ1) is 7.79. The number of likely N-dealkylation sites (tertiary alicyclic amines) is 1. The molecule has 1 aliphatic carbocycles. The van der Waals surface area contributed by atoms with Crippen LogP contribution in [0.25, 0.3) is 0 Å². The van der Waals surface area contributed by atoms with Crippen LogP contribution < -0.4 is 0 Å². The summed E-state index contributed by atoms with van der Waals surface area (Å²) in [7, 11) is 0. The highest BCUT2D eigenvalue weighted by atomic mass is 16.1. The van der Waals surface area contributed by atoms with Gasteiger partial charge in [0.25, 0.3) is 0 Å². The van der Waals surface area contributed by atoms with Crippen molar-refractivity contribution in [3.05, 3.63) is 0 Å². The number of Topliss-reactive ketones (excluding diaryl/α,β-unsaturated/α-hetero) is 1. The second-order valence-electron chi connectivity index (χ2n) is 5.59. The van der Waals surface area contributed by atoms with Gasteiger partial charge in [-0.3, -0.25) is 4.79 Å². The Labute approximate surface area is 99.4 Å². The van der Waals surface area contributed by atoms with Gasteiger partial charge in [0.2, 0.25) is 0 Å². The van der Waals surface area contributed by atoms with Crippen molar-refractivity contribution >= 4 is 5.78 Å². The van der Waals surface area contributed by atoms with Gasteiger partial charge < -0.3 is 4.90 Å². The Morgan fingerprint density at radius 3 is 2.88 bits per heavy atom. The lowest BCUT2D eigenvalue weighted by Crippen LogP contribution is -2.40. The third-order valence-electron chi connectivity index (χ3n) is 4.34. The van der Waals surface area contributed by atoms with Crippen LogP contribution in [0, 0.1) is 11.8 Å². The Bertz CT molecular complexity index is 239. The number of carbonyl (C=O) groups is 1. The summed E-state index contributed by atoms with van der Waals surface area (Å²) in [4.78, 5) is 14.3. The smallest absolute Gasteiger partial charge is 0.137 e. The molecule has 2 heteroatoms. The van der Waals surface area contributed by atoms with E-state index in [9.17, 15) is 4.79 Å². The summed E-state index contributed by atoms with van der Waals surface area (Å²) in [5.74, 6) is 1.78. The largest absolute Gasteiger partial charge is 0.302 e. The number of ketones is 1. The van der Waals surface area contributed by atoms with Crippen LogP contribution in [0.1, 0.15) is 51.9 Å². The molecule has 16 heavy (non-hydrogen) atoms. The van der Waals surface area contributed by atoms with Gasteiger partial charge in [-0.2, -0.15) is 0 Å². The SMILES string of the molecule is CCC1CCCN(CC2CCCCC2=O)C1. The molecule has 0 spiro atoms. The maximum absolute atomic E-state index is 11.8. The molecule has 1 aliphatic heterocycles. The molecular weight excluding hydrogens is 198 g/mol. The third kappa shape index (κ3) is 3.07. The van der Waals surface area contributed by atoms with Gasteiger partial charge >= 0.3 is 0 Å². The van der Waals surface area contributed by atoms with Gasteiger partial charge in [0.05, 0.1) is 0 Å². The molecule has 0 aromatic heterocycles. The molecule has 1 heterocycles. The van der Waals surface area contributed by atoms with Gasteiger partial charge in [0.1, 0.15) is 5.78 Å². The molecular formula is C14H25NO. The fraction of sp³-hybridized carbons (Fsp3) is 0.929. The fourth-order valence-corrected chi connectivity index (χ4v) is 3.21. The Kier molecular flexibility index (Phi) is 4.39. The predicted molar refractivity (Wildman–Crippen MR) is 66.4 cm³/mol. The highest BCUT2D eigenvalue weighted by Crippen LogP contribution is 2.25. The van der Waals surface area contributed by atoms with Gasteiger partial charge in [-0.25, -0.2) is 0 Å². The van der Waals surface area contributed by atoms with Crippen LogP contribution in [0.2, 0.25) is 0 Å². The molecule has 0 radical (unpaired) electrons. The summed E-state index contributed by atoms with van der Waals surface area (Å²) < 4.78 is 0. The van der Waals surface area contributed by atoms with Crippen molar-refractivity contribution in [2.24, 2.45) is 11.8 Å². The normalized spacial score (nSPS) is 32.9. The van der Waals surface area contributed by atoms with E-state index in [0.29, 0.717) is 11.7 Å². The molecule has 1 saturated carbocycles. The molecule has 0 N–H and O–H groups in total. The first-order valence-corrected chi connectivity index (χ1v) is 7.04. The maximum Gasteiger partial charge on any atom is 0.137 e. The van der Waals surface area contributed by atoms with Crippen molar-refractivity contribution in [3.8, 4) is 0 Å². The molecule has 0 amide bonds. The van der Waals surface area contributed by atoms with E-state index in [4.69, 9.17) is 0 Å². The highest BCUT2D eigenvalue weighted by molar-refractivity contribution is 5.81. The highest BCUT2D eigenvalue weighted by Gasteiger charge is 2.26. The van der Waals surface area contributed by atoms with Crippen LogP contribution in [0.4, 0.5) is 0 Å². The summed E-state index contributed by atoms with van der Waals surface area (Å²) in [5, 5.41) is 0. The lowest BCUT2D eigenvalue weighted by Gasteiger charge is -2.35. The molecule has 92 valence electrons. The monoisotopic (exact) mass is 223 g/mol. The molecule has 0 aromatic rings. The Morgan fingerprint density at radius 2 is 2.12 bits per heavy atom. The Balaban J connectivity index is 1.81. The third-order valence-corrected chi connectivity index (χ3v) is 4.34. The topological polar surface area (TPSA) is 20.3 Å². The van der Waals surface area contributed by atoms with E-state index in [1.807, 2.05) is 0 Å². The van der Waals surface area contributed by atoms with Crippen molar-refractivity contribution < 1.29 is 4.79 Å². The average molecular weight is 223 g/mol. The van der Waals surface area contributed by atoms with Crippen LogP contribution in [-0.4, -0.2) is 30.3 Å². The average Bonchev–Trinajstić information content (AvgIpc) is 2.32. The maximum atomic E-state index is 11.8. The second kappa shape index (κ2) is 5.81. The van der Waals surface area contributed by atoms with Gasteiger partial charge in [0, 0.05) is 25.4 Å². The fourth-order valence-electron chi connectivity index (χ4n) is 3.21. The van der Waals surface area contributed by atoms with Crippen molar-refractivity contribution in [1.29, 1.82) is 0 Å². The summed E-state index contributed by atoms with van der Waals surface area (Å²) in [6.07, 6.45) is 8.41. The molecule has 0 aromatic carbocycles. The number of piperidine rings is 1. The molecule has 2 nitrogen and oxygen atoms in total. The lowest BCUT2D eigenvalue weighted by atomic mass is 9.86. The minimum absolute atomic E-state index is 0.365. The summed E-state index contributed by atoms with van der Waals surface area (Å²) in [5.41, 5.74) is 0. The van der Waals surface area contributed by atoms with Crippen LogP contribution in [0.15, 0.2) is 0 Å². The van der Waals surface area contributed by atoms with E-state index < -0.39 is 0 Å². The Morgan fingerprint density at radius 1 is 1.25 bits per heavy atom. The van der Waals surface area contributed by atoms with E-state index in [1.165, 1.54) is 38.8 Å². The number of carbonyl (C=O) groups excluding carboxylic acids is 1. The van der Waals surface area contributed by atoms with Gasteiger partial charge in [-0.1, -0.05) is 19.8 Å². The van der Waals surface area contributed by atoms with Crippen molar-refractivity contribution in [2.45, 2.75) is 51.9 Å². The zero-order valence-electron chi connectivity index (χ0n) is 10.6. The number of hydrogen-bond donors (Lipinski definition) is 0. The second-order valence-corrected chi connectivity index (χ2v) is 5.59. The predicted octanol–water partition coefficient (Wildman–Crippen LogP) is 2.87.